The number of hydrogen-bond donors (Lipinski definition) is 7. The molecule has 0 atom stereocenters. The van der Waals surface area contributed by atoms with Crippen molar-refractivity contribution in [1.29, 1.82) is 0 Å². The predicted octanol–water partition coefficient (Wildman–Crippen LogP) is 16.9. The number of aromatic nitrogens is 2. The molecule has 0 aliphatic carbocycles. The number of phenols is 2. The fourth-order valence-corrected chi connectivity index (χ4v) is 9.46. The van der Waals surface area contributed by atoms with Crippen molar-refractivity contribution in [2.75, 3.05) is 23.2 Å². The maximum Gasteiger partial charge on any atom is 0.259 e. The Labute approximate surface area is 431 Å². The van der Waals surface area contributed by atoms with Gasteiger partial charge in [-0.15, -0.1) is 10.2 Å². The van der Waals surface area contributed by atoms with E-state index in [1.165, 1.54) is 0 Å². The fraction of sp³-hybridized carbons (Fsp3) is 0.0806. The van der Waals surface area contributed by atoms with Gasteiger partial charge in [-0.1, -0.05) is 122 Å². The molecule has 12 rings (SSSR count). The Morgan fingerprint density at radius 1 is 0.547 bits per heavy atom. The lowest BCUT2D eigenvalue weighted by Crippen LogP contribution is -2.12. The largest absolute Gasteiger partial charge is 0.505 e. The summed E-state index contributed by atoms with van der Waals surface area (Å²) in [4.78, 5) is 26.1. The Bertz CT molecular complexity index is 4150. The number of phenolic OH excluding ortho intramolecular Hbond substituents is 2. The van der Waals surface area contributed by atoms with Crippen LogP contribution in [0.4, 0.5) is 39.8 Å². The minimum absolute atomic E-state index is 0.0369. The number of nitrogens with zero attached hydrogens (tertiary/aromatic N) is 4. The molecule has 7 N–H and O–H groups in total. The second-order valence-electron chi connectivity index (χ2n) is 18.1. The van der Waals surface area contributed by atoms with Crippen molar-refractivity contribution in [3.63, 3.8) is 0 Å². The van der Waals surface area contributed by atoms with Gasteiger partial charge < -0.3 is 30.8 Å². The molecule has 2 aromatic heterocycles. The third kappa shape index (κ3) is 9.54. The van der Waals surface area contributed by atoms with E-state index >= 15 is 0 Å². The first-order chi connectivity index (χ1) is 36.7. The summed E-state index contributed by atoms with van der Waals surface area (Å²) < 4.78 is 0. The lowest BCUT2D eigenvalue weighted by molar-refractivity contribution is 0.102. The summed E-state index contributed by atoms with van der Waals surface area (Å²) in [5.74, 6) is -0.614. The van der Waals surface area contributed by atoms with Crippen molar-refractivity contribution in [2.24, 2.45) is 20.5 Å². The number of para-hydroxylation sites is 4. The second-order valence-corrected chi connectivity index (χ2v) is 18.1. The highest BCUT2D eigenvalue weighted by molar-refractivity contribution is 6.23. The Balaban J connectivity index is 0.000000161. The zero-order chi connectivity index (χ0) is 51.4. The molecular weight excluding hydrogens is 935 g/mol. The van der Waals surface area contributed by atoms with Crippen LogP contribution >= 0.6 is 0 Å². The summed E-state index contributed by atoms with van der Waals surface area (Å²) in [6, 6.07) is 60.4. The number of azo groups is 2. The highest BCUT2D eigenvalue weighted by Crippen LogP contribution is 2.46. The zero-order valence-electron chi connectivity index (χ0n) is 41.3. The smallest absolute Gasteiger partial charge is 0.259 e. The van der Waals surface area contributed by atoms with Crippen LogP contribution in [0.5, 0.6) is 11.5 Å². The number of carbonyl (C=O) groups is 1. The highest BCUT2D eigenvalue weighted by Gasteiger charge is 2.22. The number of benzene rings is 10. The average molecular weight is 986 g/mol. The molecule has 2 heterocycles. The molecule has 10 aromatic carbocycles. The van der Waals surface area contributed by atoms with Gasteiger partial charge in [0.1, 0.15) is 23.7 Å². The maximum absolute atomic E-state index is 13.2. The van der Waals surface area contributed by atoms with E-state index in [1.54, 1.807) is 18.2 Å². The van der Waals surface area contributed by atoms with E-state index in [0.29, 0.717) is 33.7 Å². The van der Waals surface area contributed by atoms with E-state index in [0.717, 1.165) is 88.7 Å². The van der Waals surface area contributed by atoms with Crippen LogP contribution < -0.4 is 16.1 Å². The molecule has 0 saturated heterocycles. The van der Waals surface area contributed by atoms with E-state index in [9.17, 15) is 15.0 Å². The van der Waals surface area contributed by atoms with Gasteiger partial charge in [-0.05, 0) is 109 Å². The molecule has 0 aliphatic heterocycles. The molecular formula is C62H51N9O4. The monoisotopic (exact) mass is 985 g/mol. The number of H-pyrrole nitrogens is 2. The van der Waals surface area contributed by atoms with Gasteiger partial charge in [-0.3, -0.25) is 15.1 Å². The van der Waals surface area contributed by atoms with Crippen LogP contribution in [0.25, 0.3) is 65.2 Å². The van der Waals surface area contributed by atoms with Crippen molar-refractivity contribution >= 4 is 111 Å². The third-order valence-corrected chi connectivity index (χ3v) is 13.3. The van der Waals surface area contributed by atoms with Crippen LogP contribution in [0.2, 0.25) is 0 Å². The molecule has 13 heteroatoms. The van der Waals surface area contributed by atoms with Crippen LogP contribution in [0, 0.1) is 6.92 Å². The van der Waals surface area contributed by atoms with E-state index in [1.807, 2.05) is 153 Å². The van der Waals surface area contributed by atoms with E-state index < -0.39 is 5.91 Å². The van der Waals surface area contributed by atoms with Gasteiger partial charge in [-0.25, -0.2) is 0 Å². The SMILES string of the molecule is CCc1ccccc1NOCc1cc2ccc3c4ccccc4[nH]c3c2c(N=Nc2ccc(NC)cc2)c1O.Cc1ccc(N=Nc2c(O)c(C(=O)Nc3ccccc3)cc3ccc4c5ccccc5[nH]c4c23)cc1. The van der Waals surface area contributed by atoms with Gasteiger partial charge in [0, 0.05) is 67.3 Å². The van der Waals surface area contributed by atoms with Gasteiger partial charge in [0.25, 0.3) is 5.91 Å². The normalized spacial score (nSPS) is 11.6. The summed E-state index contributed by atoms with van der Waals surface area (Å²) in [6.07, 6.45) is 0.883. The molecule has 368 valence electrons. The van der Waals surface area contributed by atoms with Gasteiger partial charge in [0.2, 0.25) is 0 Å². The Morgan fingerprint density at radius 2 is 1.09 bits per heavy atom. The number of fused-ring (bicyclic) bond motifs is 10. The lowest BCUT2D eigenvalue weighted by atomic mass is 10.00. The van der Waals surface area contributed by atoms with Gasteiger partial charge >= 0.3 is 0 Å². The number of aromatic amines is 2. The number of carbonyl (C=O) groups excluding carboxylic acids is 1. The molecule has 0 fully saturated rings. The standard InChI is InChI=1S/C32H29N5O2.C30H22N4O2/c1-3-20-8-4-6-10-27(20)37-39-19-22-18-21-12-17-26-25-9-5-7-11-28(25)34-30(26)29(21)31(32(22)38)36-35-24-15-13-23(33-2)14-16-24;1-18-11-14-21(15-12-18)33-34-28-26-19(13-16-23-22-9-5-6-10-25(22)32-27(23)26)17-24(29(28)35)30(36)31-20-7-3-2-4-8-20/h4-18,33-34,37-38H,3,19H2,1-2H3;2-17,32,35H,1H3,(H,31,36). The topological polar surface area (TPSA) is 184 Å². The number of amides is 1. The molecule has 1 amide bonds. The van der Waals surface area contributed by atoms with Crippen LogP contribution in [-0.2, 0) is 17.9 Å². The number of rotatable bonds is 12. The van der Waals surface area contributed by atoms with E-state index in [-0.39, 0.29) is 29.4 Å². The minimum Gasteiger partial charge on any atom is -0.505 e. The van der Waals surface area contributed by atoms with Gasteiger partial charge in [0.05, 0.1) is 33.7 Å². The zero-order valence-corrected chi connectivity index (χ0v) is 41.3. The fourth-order valence-electron chi connectivity index (χ4n) is 9.46. The quantitative estimate of drug-likeness (QED) is 0.0472. The van der Waals surface area contributed by atoms with Gasteiger partial charge in [0.15, 0.2) is 5.75 Å². The summed E-state index contributed by atoms with van der Waals surface area (Å²) in [6.45, 7) is 4.25. The number of nitrogens with one attached hydrogen (secondary N) is 5. The molecule has 0 bridgehead atoms. The van der Waals surface area contributed by atoms with Crippen LogP contribution in [0.15, 0.2) is 209 Å². The molecule has 13 nitrogen and oxygen atoms in total. The van der Waals surface area contributed by atoms with Crippen molar-refractivity contribution in [3.8, 4) is 11.5 Å². The number of anilines is 3. The molecule has 75 heavy (non-hydrogen) atoms. The molecule has 0 aliphatic rings. The molecule has 12 aromatic rings. The maximum atomic E-state index is 13.2. The first kappa shape index (κ1) is 47.5. The predicted molar refractivity (Wildman–Crippen MR) is 304 cm³/mol. The van der Waals surface area contributed by atoms with E-state index in [4.69, 9.17) is 4.84 Å². The second kappa shape index (κ2) is 20.7. The molecule has 0 saturated carbocycles. The van der Waals surface area contributed by atoms with Crippen molar-refractivity contribution in [1.82, 2.24) is 9.97 Å². The summed E-state index contributed by atoms with van der Waals surface area (Å²) in [7, 11) is 1.87. The van der Waals surface area contributed by atoms with Crippen molar-refractivity contribution < 1.29 is 19.8 Å². The Morgan fingerprint density at radius 3 is 1.71 bits per heavy atom. The van der Waals surface area contributed by atoms with Gasteiger partial charge in [-0.2, -0.15) is 10.2 Å². The number of aromatic hydroxyl groups is 2. The van der Waals surface area contributed by atoms with Crippen LogP contribution in [-0.4, -0.2) is 33.1 Å². The van der Waals surface area contributed by atoms with Crippen molar-refractivity contribution in [2.45, 2.75) is 26.9 Å². The van der Waals surface area contributed by atoms with Crippen LogP contribution in [0.1, 0.15) is 34.0 Å². The Hall–Kier alpha value is -9.85. The van der Waals surface area contributed by atoms with Crippen LogP contribution in [0.3, 0.4) is 0 Å². The first-order valence-corrected chi connectivity index (χ1v) is 24.6. The highest BCUT2D eigenvalue weighted by atomic mass is 16.6. The first-order valence-electron chi connectivity index (χ1n) is 24.6. The lowest BCUT2D eigenvalue weighted by Gasteiger charge is -2.14. The Kier molecular flexibility index (Phi) is 13.1. The summed E-state index contributed by atoms with van der Waals surface area (Å²) in [5, 5.41) is 54.2. The number of hydrogen-bond acceptors (Lipinski definition) is 10. The minimum atomic E-state index is -0.427. The van der Waals surface area contributed by atoms with E-state index in [2.05, 4.69) is 83.8 Å². The molecule has 0 unspecified atom stereocenters. The third-order valence-electron chi connectivity index (χ3n) is 13.3. The molecule has 0 radical (unpaired) electrons. The van der Waals surface area contributed by atoms with Crippen molar-refractivity contribution in [3.05, 3.63) is 210 Å². The average Bonchev–Trinajstić information content (AvgIpc) is 4.03. The summed E-state index contributed by atoms with van der Waals surface area (Å²) >= 11 is 0. The molecule has 0 spiro atoms. The summed E-state index contributed by atoms with van der Waals surface area (Å²) in [5.41, 5.74) is 14.3. The number of aryl methyl sites for hydroxylation is 2.